The lowest BCUT2D eigenvalue weighted by atomic mass is 10.1. The molecule has 1 atom stereocenters. The number of nitrogens with two attached hydrogens (primary N) is 1. The molecule has 3 rings (SSSR count). The van der Waals surface area contributed by atoms with E-state index in [0.717, 1.165) is 10.9 Å². The summed E-state index contributed by atoms with van der Waals surface area (Å²) in [6.07, 6.45) is -0.804. The van der Waals surface area contributed by atoms with E-state index in [9.17, 15) is 18.0 Å². The summed E-state index contributed by atoms with van der Waals surface area (Å²) in [6, 6.07) is 10.9. The van der Waals surface area contributed by atoms with E-state index in [4.69, 9.17) is 14.3 Å². The first-order valence-electron chi connectivity index (χ1n) is 9.16. The van der Waals surface area contributed by atoms with Gasteiger partial charge in [-0.2, -0.15) is 0 Å². The summed E-state index contributed by atoms with van der Waals surface area (Å²) in [5, 5.41) is 8.61. The van der Waals surface area contributed by atoms with Crippen LogP contribution in [0, 0.1) is 13.8 Å². The minimum atomic E-state index is -3.76. The molecule has 0 spiro atoms. The Balaban J connectivity index is 1.68. The summed E-state index contributed by atoms with van der Waals surface area (Å²) in [5.74, 6) is 0.0899. The van der Waals surface area contributed by atoms with E-state index in [1.165, 1.54) is 18.2 Å². The molecule has 1 heterocycles. The molecule has 9 heteroatoms. The number of carbonyl (C=O) groups excluding carboxylic acids is 1. The summed E-state index contributed by atoms with van der Waals surface area (Å²) in [5.41, 5.74) is 2.13. The molecule has 0 aliphatic carbocycles. The van der Waals surface area contributed by atoms with Crippen LogP contribution in [0.15, 0.2) is 56.6 Å². The van der Waals surface area contributed by atoms with Gasteiger partial charge >= 0.3 is 5.63 Å². The van der Waals surface area contributed by atoms with Crippen molar-refractivity contribution >= 4 is 26.9 Å². The zero-order chi connectivity index (χ0) is 22.1. The third-order valence-corrected chi connectivity index (χ3v) is 5.64. The molecule has 0 unspecified atom stereocenters. The summed E-state index contributed by atoms with van der Waals surface area (Å²) in [6.45, 7) is 5.39. The van der Waals surface area contributed by atoms with E-state index < -0.39 is 21.8 Å². The van der Waals surface area contributed by atoms with Crippen LogP contribution in [0.25, 0.3) is 11.0 Å². The third kappa shape index (κ3) is 4.69. The maximum absolute atomic E-state index is 12.4. The van der Waals surface area contributed by atoms with Crippen molar-refractivity contribution in [3.05, 3.63) is 69.6 Å². The number of rotatable bonds is 6. The number of amides is 1. The maximum Gasteiger partial charge on any atom is 0.336 e. The standard InChI is InChI=1S/C21H22N2O6S/c1-12-10-19(24)29-20-13(2)18(9-8-17(12)20)28-14(3)21(25)23-11-15-4-6-16(7-5-15)30(22,26)27/h4-10,14H,11H2,1-3H3,(H,23,25)(H2,22,26,27)/t14-/m0/s1. The SMILES string of the molecule is Cc1cc(=O)oc2c(C)c(O[C@@H](C)C(=O)NCc3ccc(S(N)(=O)=O)cc3)ccc12. The molecule has 0 saturated carbocycles. The van der Waals surface area contributed by atoms with Gasteiger partial charge in [-0.05, 0) is 56.2 Å². The number of ether oxygens (including phenoxy) is 1. The van der Waals surface area contributed by atoms with Crippen molar-refractivity contribution in [3.63, 3.8) is 0 Å². The third-order valence-electron chi connectivity index (χ3n) is 4.71. The lowest BCUT2D eigenvalue weighted by molar-refractivity contribution is -0.127. The molecule has 30 heavy (non-hydrogen) atoms. The van der Waals surface area contributed by atoms with Crippen LogP contribution < -0.4 is 20.8 Å². The number of fused-ring (bicyclic) bond motifs is 1. The van der Waals surface area contributed by atoms with E-state index in [0.29, 0.717) is 22.5 Å². The first-order chi connectivity index (χ1) is 14.1. The number of sulfonamides is 1. The number of nitrogens with one attached hydrogen (secondary N) is 1. The number of carbonyl (C=O) groups is 1. The Morgan fingerprint density at radius 1 is 1.17 bits per heavy atom. The molecule has 0 aliphatic rings. The first kappa shape index (κ1) is 21.5. The van der Waals surface area contributed by atoms with Crippen molar-refractivity contribution in [1.29, 1.82) is 0 Å². The minimum absolute atomic E-state index is 0.00273. The Bertz CT molecular complexity index is 1260. The second-order valence-corrected chi connectivity index (χ2v) is 8.54. The molecule has 1 aromatic heterocycles. The van der Waals surface area contributed by atoms with E-state index in [-0.39, 0.29) is 17.3 Å². The maximum atomic E-state index is 12.4. The highest BCUT2D eigenvalue weighted by molar-refractivity contribution is 7.89. The highest BCUT2D eigenvalue weighted by Crippen LogP contribution is 2.28. The smallest absolute Gasteiger partial charge is 0.336 e. The highest BCUT2D eigenvalue weighted by atomic mass is 32.2. The van der Waals surface area contributed by atoms with E-state index >= 15 is 0 Å². The van der Waals surface area contributed by atoms with E-state index in [1.807, 2.05) is 6.92 Å². The Hall–Kier alpha value is -3.17. The van der Waals surface area contributed by atoms with Gasteiger partial charge in [-0.15, -0.1) is 0 Å². The van der Waals surface area contributed by atoms with Gasteiger partial charge in [0.2, 0.25) is 10.0 Å². The average molecular weight is 430 g/mol. The highest BCUT2D eigenvalue weighted by Gasteiger charge is 2.18. The van der Waals surface area contributed by atoms with Crippen molar-refractivity contribution in [2.45, 2.75) is 38.3 Å². The molecule has 158 valence electrons. The molecule has 1 amide bonds. The van der Waals surface area contributed by atoms with Gasteiger partial charge in [0.15, 0.2) is 6.10 Å². The van der Waals surface area contributed by atoms with Crippen molar-refractivity contribution in [2.24, 2.45) is 5.14 Å². The molecule has 0 saturated heterocycles. The summed E-state index contributed by atoms with van der Waals surface area (Å²) in [4.78, 5) is 24.1. The van der Waals surface area contributed by atoms with Gasteiger partial charge < -0.3 is 14.5 Å². The Labute approximate surface area is 173 Å². The monoisotopic (exact) mass is 430 g/mol. The zero-order valence-electron chi connectivity index (χ0n) is 16.8. The second-order valence-electron chi connectivity index (χ2n) is 6.98. The molecule has 2 aromatic carbocycles. The molecule has 8 nitrogen and oxygen atoms in total. The van der Waals surface area contributed by atoms with Crippen LogP contribution in [-0.4, -0.2) is 20.4 Å². The van der Waals surface area contributed by atoms with Crippen molar-refractivity contribution in [3.8, 4) is 5.75 Å². The second kappa shape index (κ2) is 8.29. The molecule has 0 fully saturated rings. The average Bonchev–Trinajstić information content (AvgIpc) is 2.68. The molecule has 0 radical (unpaired) electrons. The van der Waals surface area contributed by atoms with Crippen LogP contribution in [0.4, 0.5) is 0 Å². The molecule has 3 aromatic rings. The van der Waals surface area contributed by atoms with Gasteiger partial charge in [-0.3, -0.25) is 4.79 Å². The van der Waals surface area contributed by atoms with Crippen LogP contribution in [0.2, 0.25) is 0 Å². The number of hydrogen-bond donors (Lipinski definition) is 2. The fourth-order valence-corrected chi connectivity index (χ4v) is 3.52. The largest absolute Gasteiger partial charge is 0.480 e. The van der Waals surface area contributed by atoms with Crippen LogP contribution in [0.3, 0.4) is 0 Å². The van der Waals surface area contributed by atoms with Crippen LogP contribution in [-0.2, 0) is 21.4 Å². The Kier molecular flexibility index (Phi) is 5.95. The Morgan fingerprint density at radius 2 is 1.83 bits per heavy atom. The van der Waals surface area contributed by atoms with Crippen LogP contribution >= 0.6 is 0 Å². The predicted molar refractivity (Wildman–Crippen MR) is 112 cm³/mol. The van der Waals surface area contributed by atoms with Gasteiger partial charge in [-0.25, -0.2) is 18.4 Å². The quantitative estimate of drug-likeness (QED) is 0.577. The predicted octanol–water partition coefficient (Wildman–Crippen LogP) is 2.14. The van der Waals surface area contributed by atoms with Crippen molar-refractivity contribution in [1.82, 2.24) is 5.32 Å². The van der Waals surface area contributed by atoms with Crippen LogP contribution in [0.1, 0.15) is 23.6 Å². The lowest BCUT2D eigenvalue weighted by Crippen LogP contribution is -2.36. The Morgan fingerprint density at radius 3 is 2.47 bits per heavy atom. The molecular formula is C21H22N2O6S. The minimum Gasteiger partial charge on any atom is -0.480 e. The summed E-state index contributed by atoms with van der Waals surface area (Å²) in [7, 11) is -3.76. The van der Waals surface area contributed by atoms with Gasteiger partial charge in [-0.1, -0.05) is 12.1 Å². The fourth-order valence-electron chi connectivity index (χ4n) is 3.00. The number of primary sulfonamides is 1. The molecular weight excluding hydrogens is 408 g/mol. The summed E-state index contributed by atoms with van der Waals surface area (Å²) < 4.78 is 33.7. The summed E-state index contributed by atoms with van der Waals surface area (Å²) >= 11 is 0. The normalized spacial score (nSPS) is 12.5. The molecule has 0 bridgehead atoms. The number of aryl methyl sites for hydroxylation is 2. The van der Waals surface area contributed by atoms with Gasteiger partial charge in [0.1, 0.15) is 11.3 Å². The van der Waals surface area contributed by atoms with Crippen molar-refractivity contribution in [2.75, 3.05) is 0 Å². The number of hydrogen-bond acceptors (Lipinski definition) is 6. The van der Waals surface area contributed by atoms with Gasteiger partial charge in [0, 0.05) is 23.6 Å². The fraction of sp³-hybridized carbons (Fsp3) is 0.238. The number of benzene rings is 2. The molecule has 0 aliphatic heterocycles. The lowest BCUT2D eigenvalue weighted by Gasteiger charge is -2.17. The van der Waals surface area contributed by atoms with Crippen molar-refractivity contribution < 1.29 is 22.4 Å². The van der Waals surface area contributed by atoms with Gasteiger partial charge in [0.05, 0.1) is 4.90 Å². The van der Waals surface area contributed by atoms with Crippen LogP contribution in [0.5, 0.6) is 5.75 Å². The molecule has 3 N–H and O–H groups in total. The van der Waals surface area contributed by atoms with E-state index in [1.54, 1.807) is 38.1 Å². The topological polar surface area (TPSA) is 129 Å². The van der Waals surface area contributed by atoms with Gasteiger partial charge in [0.25, 0.3) is 5.91 Å². The first-order valence-corrected chi connectivity index (χ1v) is 10.7. The zero-order valence-corrected chi connectivity index (χ0v) is 17.6. The van der Waals surface area contributed by atoms with E-state index in [2.05, 4.69) is 5.32 Å².